The lowest BCUT2D eigenvalue weighted by Crippen LogP contribution is -2.44. The quantitative estimate of drug-likeness (QED) is 0.366. The van der Waals surface area contributed by atoms with Gasteiger partial charge in [-0.2, -0.15) is 4.90 Å². The van der Waals surface area contributed by atoms with E-state index in [9.17, 15) is 24.1 Å². The highest BCUT2D eigenvalue weighted by Crippen LogP contribution is 2.39. The molecule has 0 atom stereocenters. The largest absolute Gasteiger partial charge is 0.443 e. The third-order valence-corrected chi connectivity index (χ3v) is 5.17. The number of nitro benzene ring substituents is 1. The molecule has 9 nitrogen and oxygen atoms in total. The Hall–Kier alpha value is -3.76. The normalized spacial score (nSPS) is 13.6. The van der Waals surface area contributed by atoms with E-state index in [1.54, 1.807) is 11.0 Å². The number of nitrogens with zero attached hydrogens (tertiary/aromatic N) is 3. The highest BCUT2D eigenvalue weighted by atomic mass is 19.1. The van der Waals surface area contributed by atoms with Crippen molar-refractivity contribution >= 4 is 29.2 Å². The molecule has 0 aromatic heterocycles. The molecule has 2 aromatic rings. The van der Waals surface area contributed by atoms with E-state index in [4.69, 9.17) is 9.47 Å². The van der Waals surface area contributed by atoms with Crippen LogP contribution in [-0.4, -0.2) is 34.9 Å². The first-order valence-corrected chi connectivity index (χ1v) is 11.3. The van der Waals surface area contributed by atoms with Crippen LogP contribution in [0.1, 0.15) is 52.7 Å². The summed E-state index contributed by atoms with van der Waals surface area (Å²) in [5.41, 5.74) is -2.41. The van der Waals surface area contributed by atoms with Crippen LogP contribution in [0.4, 0.5) is 35.4 Å². The third-order valence-electron chi connectivity index (χ3n) is 5.17. The molecule has 0 unspecified atom stereocenters. The molecular formula is C25H29F2N3O6. The molecular weight excluding hydrogens is 476 g/mol. The van der Waals surface area contributed by atoms with E-state index in [1.165, 1.54) is 59.7 Å². The van der Waals surface area contributed by atoms with Crippen LogP contribution < -0.4 is 9.80 Å². The van der Waals surface area contributed by atoms with Gasteiger partial charge in [0.2, 0.25) is 0 Å². The molecule has 36 heavy (non-hydrogen) atoms. The molecule has 2 amide bonds. The van der Waals surface area contributed by atoms with Gasteiger partial charge in [-0.25, -0.2) is 18.4 Å². The molecule has 3 rings (SSSR count). The first kappa shape index (κ1) is 26.8. The zero-order chi connectivity index (χ0) is 27.0. The number of hydrogen-bond donors (Lipinski definition) is 0. The van der Waals surface area contributed by atoms with Gasteiger partial charge in [0.05, 0.1) is 10.6 Å². The molecule has 0 saturated carbocycles. The standard InChI is InChI=1S/C25H29F2N3O6/c1-24(2,3)35-22(31)29(23(32)36-25(4,5)6)21-19(30(33)34)10-9-18(20(21)27)28-12-11-15-13-17(26)8-7-16(15)14-28/h7-10,13H,11-12,14H2,1-6H3. The molecule has 0 N–H and O–H groups in total. The van der Waals surface area contributed by atoms with Crippen LogP contribution in [0.3, 0.4) is 0 Å². The topological polar surface area (TPSA) is 102 Å². The highest BCUT2D eigenvalue weighted by Gasteiger charge is 2.40. The zero-order valence-electron chi connectivity index (χ0n) is 21.1. The summed E-state index contributed by atoms with van der Waals surface area (Å²) in [7, 11) is 0. The molecule has 0 saturated heterocycles. The molecule has 1 aliphatic rings. The molecule has 0 spiro atoms. The Balaban J connectivity index is 2.14. The van der Waals surface area contributed by atoms with Crippen molar-refractivity contribution < 1.29 is 32.8 Å². The Morgan fingerprint density at radius 3 is 2.08 bits per heavy atom. The predicted octanol–water partition coefficient (Wildman–Crippen LogP) is 6.11. The van der Waals surface area contributed by atoms with Gasteiger partial charge >= 0.3 is 12.2 Å². The van der Waals surface area contributed by atoms with Crippen molar-refractivity contribution in [3.05, 3.63) is 63.2 Å². The maximum atomic E-state index is 16.1. The fourth-order valence-corrected chi connectivity index (χ4v) is 3.75. The van der Waals surface area contributed by atoms with Crippen LogP contribution in [0.15, 0.2) is 30.3 Å². The van der Waals surface area contributed by atoms with E-state index < -0.39 is 45.5 Å². The number of imide groups is 1. The summed E-state index contributed by atoms with van der Waals surface area (Å²) >= 11 is 0. The van der Waals surface area contributed by atoms with Crippen LogP contribution in [0.25, 0.3) is 0 Å². The van der Waals surface area contributed by atoms with Crippen molar-refractivity contribution in [1.29, 1.82) is 0 Å². The molecule has 1 aliphatic heterocycles. The average Bonchev–Trinajstić information content (AvgIpc) is 2.72. The first-order valence-electron chi connectivity index (χ1n) is 11.3. The maximum absolute atomic E-state index is 16.1. The lowest BCUT2D eigenvalue weighted by Gasteiger charge is -2.32. The number of hydrogen-bond acceptors (Lipinski definition) is 7. The summed E-state index contributed by atoms with van der Waals surface area (Å²) in [6.45, 7) is 9.69. The van der Waals surface area contributed by atoms with Crippen molar-refractivity contribution in [2.24, 2.45) is 0 Å². The van der Waals surface area contributed by atoms with Gasteiger partial charge in [-0.3, -0.25) is 10.1 Å². The number of amides is 2. The molecule has 1 heterocycles. The van der Waals surface area contributed by atoms with Crippen LogP contribution in [0, 0.1) is 21.7 Å². The molecule has 11 heteroatoms. The number of anilines is 2. The molecule has 194 valence electrons. The van der Waals surface area contributed by atoms with Gasteiger partial charge in [-0.05, 0) is 77.3 Å². The van der Waals surface area contributed by atoms with Crippen molar-refractivity contribution in [3.8, 4) is 0 Å². The van der Waals surface area contributed by atoms with Crippen LogP contribution in [0.2, 0.25) is 0 Å². The predicted molar refractivity (Wildman–Crippen MR) is 129 cm³/mol. The van der Waals surface area contributed by atoms with Crippen molar-refractivity contribution in [2.75, 3.05) is 16.3 Å². The number of carbonyl (C=O) groups is 2. The van der Waals surface area contributed by atoms with Gasteiger partial charge in [0.1, 0.15) is 17.0 Å². The van der Waals surface area contributed by atoms with Crippen molar-refractivity contribution in [1.82, 2.24) is 0 Å². The zero-order valence-corrected chi connectivity index (χ0v) is 21.1. The summed E-state index contributed by atoms with van der Waals surface area (Å²) in [5, 5.41) is 11.8. The van der Waals surface area contributed by atoms with Crippen molar-refractivity contribution in [2.45, 2.75) is 65.7 Å². The highest BCUT2D eigenvalue weighted by molar-refractivity contribution is 6.11. The van der Waals surface area contributed by atoms with Gasteiger partial charge in [0.15, 0.2) is 11.5 Å². The average molecular weight is 506 g/mol. The molecule has 2 aromatic carbocycles. The minimum atomic E-state index is -1.32. The lowest BCUT2D eigenvalue weighted by atomic mass is 9.99. The second kappa shape index (κ2) is 9.71. The lowest BCUT2D eigenvalue weighted by molar-refractivity contribution is -0.384. The second-order valence-corrected chi connectivity index (χ2v) is 10.4. The molecule has 0 radical (unpaired) electrons. The van der Waals surface area contributed by atoms with Gasteiger partial charge in [-0.1, -0.05) is 6.07 Å². The van der Waals surface area contributed by atoms with E-state index in [0.29, 0.717) is 6.42 Å². The molecule has 0 bridgehead atoms. The minimum absolute atomic E-state index is 0.0670. The van der Waals surface area contributed by atoms with Gasteiger partial charge < -0.3 is 14.4 Å². The maximum Gasteiger partial charge on any atom is 0.424 e. The van der Waals surface area contributed by atoms with E-state index in [0.717, 1.165) is 17.2 Å². The Morgan fingerprint density at radius 2 is 1.56 bits per heavy atom. The summed E-state index contributed by atoms with van der Waals surface area (Å²) in [5.74, 6) is -1.54. The Bertz CT molecular complexity index is 1180. The number of benzene rings is 2. The van der Waals surface area contributed by atoms with Crippen molar-refractivity contribution in [3.63, 3.8) is 0 Å². The van der Waals surface area contributed by atoms with Gasteiger partial charge in [-0.15, -0.1) is 0 Å². The Kier molecular flexibility index (Phi) is 7.24. The van der Waals surface area contributed by atoms with E-state index in [1.807, 2.05) is 0 Å². The van der Waals surface area contributed by atoms with E-state index in [2.05, 4.69) is 0 Å². The van der Waals surface area contributed by atoms with E-state index >= 15 is 4.39 Å². The number of ether oxygens (including phenoxy) is 2. The number of rotatable bonds is 3. The molecule has 0 fully saturated rings. The Labute approximate surface area is 207 Å². The number of fused-ring (bicyclic) bond motifs is 1. The van der Waals surface area contributed by atoms with Crippen LogP contribution in [-0.2, 0) is 22.4 Å². The van der Waals surface area contributed by atoms with Crippen LogP contribution >= 0.6 is 0 Å². The van der Waals surface area contributed by atoms with Crippen LogP contribution in [0.5, 0.6) is 0 Å². The number of carbonyl (C=O) groups excluding carboxylic acids is 2. The smallest absolute Gasteiger partial charge is 0.424 e. The number of nitro groups is 1. The second-order valence-electron chi connectivity index (χ2n) is 10.4. The van der Waals surface area contributed by atoms with Gasteiger partial charge in [0, 0.05) is 19.2 Å². The summed E-state index contributed by atoms with van der Waals surface area (Å²) < 4.78 is 40.2. The first-order chi connectivity index (χ1) is 16.6. The number of halogens is 2. The SMILES string of the molecule is CC(C)(C)OC(=O)N(C(=O)OC(C)(C)C)c1c([N+](=O)[O-])ccc(N2CCc3cc(F)ccc3C2)c1F. The summed E-state index contributed by atoms with van der Waals surface area (Å²) in [4.78, 5) is 38.9. The Morgan fingerprint density at radius 1 is 0.972 bits per heavy atom. The van der Waals surface area contributed by atoms with E-state index in [-0.39, 0.29) is 29.5 Å². The summed E-state index contributed by atoms with van der Waals surface area (Å²) in [6.07, 6.45) is -2.24. The fourth-order valence-electron chi connectivity index (χ4n) is 3.75. The minimum Gasteiger partial charge on any atom is -0.443 e. The monoisotopic (exact) mass is 505 g/mol. The van der Waals surface area contributed by atoms with Gasteiger partial charge in [0.25, 0.3) is 5.69 Å². The third kappa shape index (κ3) is 6.07. The summed E-state index contributed by atoms with van der Waals surface area (Å²) in [6, 6.07) is 6.54. The molecule has 0 aliphatic carbocycles. The fraction of sp³-hybridized carbons (Fsp3) is 0.440.